The maximum absolute atomic E-state index is 14.6. The summed E-state index contributed by atoms with van der Waals surface area (Å²) in [5.41, 5.74) is 2.58. The van der Waals surface area contributed by atoms with Gasteiger partial charge in [-0.15, -0.1) is 0 Å². The zero-order valence-electron chi connectivity index (χ0n) is 45.2. The monoisotopic (exact) mass is 1070 g/mol. The first kappa shape index (κ1) is 59.5. The van der Waals surface area contributed by atoms with Crippen molar-refractivity contribution in [3.8, 4) is 0 Å². The normalized spacial score (nSPS) is 17.8. The van der Waals surface area contributed by atoms with Gasteiger partial charge >= 0.3 is 12.1 Å². The molecule has 3 unspecified atom stereocenters. The molecule has 414 valence electrons. The maximum atomic E-state index is 14.6. The second-order valence-corrected chi connectivity index (χ2v) is 22.9. The number of fused-ring (bicyclic) bond motifs is 1. The molecule has 2 heterocycles. The van der Waals surface area contributed by atoms with Gasteiger partial charge in [0.1, 0.15) is 17.7 Å². The van der Waals surface area contributed by atoms with Crippen molar-refractivity contribution < 1.29 is 43.4 Å². The highest BCUT2D eigenvalue weighted by molar-refractivity contribution is 8.00. The highest BCUT2D eigenvalue weighted by Crippen LogP contribution is 2.33. The largest absolute Gasteiger partial charge is 0.444 e. The number of thioether (sulfide) groups is 1. The van der Waals surface area contributed by atoms with Gasteiger partial charge in [0.05, 0.1) is 24.2 Å². The molecule has 0 spiro atoms. The summed E-state index contributed by atoms with van der Waals surface area (Å²) in [6, 6.07) is 31.9. The number of benzene rings is 4. The van der Waals surface area contributed by atoms with E-state index in [1.165, 1.54) is 0 Å². The molecule has 0 saturated carbocycles. The molecule has 0 bridgehead atoms. The number of alkyl carbamates (subject to hydrolysis) is 1. The summed E-state index contributed by atoms with van der Waals surface area (Å²) in [6.07, 6.45) is 3.72. The van der Waals surface area contributed by atoms with E-state index in [1.807, 2.05) is 78.5 Å². The van der Waals surface area contributed by atoms with Crippen molar-refractivity contribution in [3.63, 3.8) is 0 Å². The lowest BCUT2D eigenvalue weighted by Crippen LogP contribution is -2.57. The predicted octanol–water partition coefficient (Wildman–Crippen LogP) is 6.96. The standard InChI is InChI=1S/C60H79N7O9S/c1-39(2)52(57(73)63-47(36-41-22-12-7-13-23-41)56(72)62-33-19-9-18-32-61-51(69)27-17-16-26-50-53-48(38-77-50)64-58(74)67-53)66-55(71)45(34-40-20-10-6-11-21-40)37-49(68)46(65-59(75)76-60(3,4)5)35-42-28-30-44(31-29-42)54(70)43-24-14-8-15-25-43/h6-8,10-15,20-25,28-31,39,45-50,52-53,68H,9,16-19,26-27,32-38H2,1-5H3,(H,61,69)(H,62,72)(H,63,73)(H,65,75)(H,66,71)(H2,64,67,74)/t45-,46+,47+,48?,49-,50?,52+,53?/m1/s1. The molecule has 0 aromatic heterocycles. The number of ketones is 1. The Hall–Kier alpha value is -6.72. The summed E-state index contributed by atoms with van der Waals surface area (Å²) in [4.78, 5) is 93.4. The molecule has 7 amide bonds. The van der Waals surface area contributed by atoms with Crippen LogP contribution in [0.3, 0.4) is 0 Å². The highest BCUT2D eigenvalue weighted by Gasteiger charge is 2.42. The minimum absolute atomic E-state index is 0.0145. The summed E-state index contributed by atoms with van der Waals surface area (Å²) in [5.74, 6) is -1.88. The van der Waals surface area contributed by atoms with Gasteiger partial charge in [0.2, 0.25) is 23.6 Å². The molecule has 4 aromatic rings. The maximum Gasteiger partial charge on any atom is 0.407 e. The van der Waals surface area contributed by atoms with Gasteiger partial charge in [-0.05, 0) is 94.7 Å². The van der Waals surface area contributed by atoms with Crippen LogP contribution in [-0.4, -0.2) is 113 Å². The predicted molar refractivity (Wildman–Crippen MR) is 300 cm³/mol. The number of hydrogen-bond acceptors (Lipinski definition) is 10. The Morgan fingerprint density at radius 2 is 1.26 bits per heavy atom. The Bertz CT molecular complexity index is 2550. The first-order valence-corrected chi connectivity index (χ1v) is 28.2. The number of ether oxygens (including phenoxy) is 1. The average molecular weight is 1070 g/mol. The van der Waals surface area contributed by atoms with E-state index in [0.29, 0.717) is 42.3 Å². The Balaban J connectivity index is 1.04. The molecule has 16 nitrogen and oxygen atoms in total. The second-order valence-electron chi connectivity index (χ2n) is 21.6. The second kappa shape index (κ2) is 29.7. The molecule has 2 saturated heterocycles. The van der Waals surface area contributed by atoms with E-state index < -0.39 is 59.6 Å². The van der Waals surface area contributed by atoms with Crippen LogP contribution in [0.1, 0.15) is 119 Å². The lowest BCUT2D eigenvalue weighted by Gasteiger charge is -2.30. The zero-order valence-corrected chi connectivity index (χ0v) is 46.0. The van der Waals surface area contributed by atoms with Gasteiger partial charge in [-0.3, -0.25) is 24.0 Å². The number of aliphatic hydroxyl groups excluding tert-OH is 1. The van der Waals surface area contributed by atoms with Crippen molar-refractivity contribution in [1.29, 1.82) is 0 Å². The molecule has 2 aliphatic rings. The van der Waals surface area contributed by atoms with Crippen molar-refractivity contribution in [1.82, 2.24) is 37.2 Å². The van der Waals surface area contributed by atoms with E-state index in [0.717, 1.165) is 54.5 Å². The Morgan fingerprint density at radius 1 is 0.662 bits per heavy atom. The molecule has 4 aromatic carbocycles. The Kier molecular flexibility index (Phi) is 23.0. The fourth-order valence-electron chi connectivity index (χ4n) is 9.66. The molecule has 17 heteroatoms. The quantitative estimate of drug-likeness (QED) is 0.0158. The van der Waals surface area contributed by atoms with Crippen molar-refractivity contribution in [2.24, 2.45) is 11.8 Å². The molecule has 6 rings (SSSR count). The van der Waals surface area contributed by atoms with Crippen LogP contribution in [0.15, 0.2) is 115 Å². The Morgan fingerprint density at radius 3 is 1.90 bits per heavy atom. The summed E-state index contributed by atoms with van der Waals surface area (Å²) in [5, 5.41) is 33.2. The lowest BCUT2D eigenvalue weighted by atomic mass is 9.88. The van der Waals surface area contributed by atoms with Crippen LogP contribution >= 0.6 is 11.8 Å². The molecular weight excluding hydrogens is 995 g/mol. The molecule has 8 N–H and O–H groups in total. The van der Waals surface area contributed by atoms with E-state index in [-0.39, 0.29) is 61.4 Å². The van der Waals surface area contributed by atoms with Crippen LogP contribution < -0.4 is 37.2 Å². The number of unbranched alkanes of at least 4 members (excludes halogenated alkanes) is 3. The van der Waals surface area contributed by atoms with Crippen molar-refractivity contribution in [2.45, 2.75) is 152 Å². The van der Waals surface area contributed by atoms with Gasteiger partial charge in [-0.2, -0.15) is 11.8 Å². The highest BCUT2D eigenvalue weighted by atomic mass is 32.2. The van der Waals surface area contributed by atoms with Crippen molar-refractivity contribution in [3.05, 3.63) is 143 Å². The molecule has 2 aliphatic heterocycles. The van der Waals surface area contributed by atoms with Crippen LogP contribution in [0, 0.1) is 11.8 Å². The van der Waals surface area contributed by atoms with E-state index in [4.69, 9.17) is 4.74 Å². The summed E-state index contributed by atoms with van der Waals surface area (Å²) < 4.78 is 5.60. The average Bonchev–Trinajstić information content (AvgIpc) is 3.98. The third-order valence-electron chi connectivity index (χ3n) is 13.8. The van der Waals surface area contributed by atoms with Crippen LogP contribution in [0.4, 0.5) is 9.59 Å². The van der Waals surface area contributed by atoms with E-state index in [1.54, 1.807) is 83.1 Å². The van der Waals surface area contributed by atoms with Gasteiger partial charge in [0.25, 0.3) is 0 Å². The van der Waals surface area contributed by atoms with Crippen molar-refractivity contribution >= 4 is 53.3 Å². The van der Waals surface area contributed by atoms with Crippen molar-refractivity contribution in [2.75, 3.05) is 18.8 Å². The molecule has 0 aliphatic carbocycles. The summed E-state index contributed by atoms with van der Waals surface area (Å²) in [6.45, 7) is 9.71. The summed E-state index contributed by atoms with van der Waals surface area (Å²) >= 11 is 1.87. The molecule has 77 heavy (non-hydrogen) atoms. The zero-order chi connectivity index (χ0) is 55.3. The topological polar surface area (TPSA) is 233 Å². The summed E-state index contributed by atoms with van der Waals surface area (Å²) in [7, 11) is 0. The van der Waals surface area contributed by atoms with Gasteiger partial charge < -0.3 is 47.1 Å². The third kappa shape index (κ3) is 19.7. The van der Waals surface area contributed by atoms with E-state index in [2.05, 4.69) is 37.2 Å². The van der Waals surface area contributed by atoms with Gasteiger partial charge in [-0.1, -0.05) is 136 Å². The number of carbonyl (C=O) groups is 7. The van der Waals surface area contributed by atoms with Gasteiger partial charge in [-0.25, -0.2) is 9.59 Å². The number of nitrogens with one attached hydrogen (secondary N) is 7. The number of rotatable bonds is 29. The number of urea groups is 1. The van der Waals surface area contributed by atoms with Gasteiger partial charge in [0.15, 0.2) is 5.78 Å². The van der Waals surface area contributed by atoms with Crippen LogP contribution in [0.5, 0.6) is 0 Å². The van der Waals surface area contributed by atoms with E-state index in [9.17, 15) is 38.7 Å². The number of aliphatic hydroxyl groups is 1. The van der Waals surface area contributed by atoms with Crippen LogP contribution in [-0.2, 0) is 43.2 Å². The number of amides is 7. The fraction of sp³-hybridized carbons (Fsp3) is 0.483. The van der Waals surface area contributed by atoms with E-state index >= 15 is 0 Å². The molecule has 8 atom stereocenters. The molecule has 0 radical (unpaired) electrons. The van der Waals surface area contributed by atoms with Crippen LogP contribution in [0.25, 0.3) is 0 Å². The minimum atomic E-state index is -1.27. The smallest absolute Gasteiger partial charge is 0.407 e. The van der Waals surface area contributed by atoms with Crippen LogP contribution in [0.2, 0.25) is 0 Å². The molecular formula is C60H79N7O9S. The SMILES string of the molecule is CC(C)[C@H](NC(=O)[C@H](Cc1ccccc1)C[C@@H](O)[C@H](Cc1ccc(C(=O)c2ccccc2)cc1)NC(=O)OC(C)(C)C)C(=O)N[C@@H](Cc1ccccc1)C(=O)NCCCCCNC(=O)CCCCC1SCC2NC(=O)NC21. The molecule has 2 fully saturated rings. The number of carbonyl (C=O) groups excluding carboxylic acids is 7. The fourth-order valence-corrected chi connectivity index (χ4v) is 11.2. The van der Waals surface area contributed by atoms with Gasteiger partial charge in [0, 0.05) is 54.0 Å². The Labute approximate surface area is 458 Å². The number of hydrogen-bond donors (Lipinski definition) is 8. The minimum Gasteiger partial charge on any atom is -0.444 e. The lowest BCUT2D eigenvalue weighted by molar-refractivity contribution is -0.134. The first-order chi connectivity index (χ1) is 36.9. The first-order valence-electron chi connectivity index (χ1n) is 27.2. The third-order valence-corrected chi connectivity index (χ3v) is 15.3.